The Hall–Kier alpha value is -1.43. The number of hydrogen-bond acceptors (Lipinski definition) is 5. The fraction of sp³-hybridized carbons (Fsp3) is 0.588. The minimum absolute atomic E-state index is 0.0769. The van der Waals surface area contributed by atoms with E-state index in [-0.39, 0.29) is 18.1 Å². The molecule has 1 aliphatic heterocycles. The maximum absolute atomic E-state index is 12.5. The summed E-state index contributed by atoms with van der Waals surface area (Å²) >= 11 is 0. The van der Waals surface area contributed by atoms with E-state index in [1.165, 1.54) is 0 Å². The lowest BCUT2D eigenvalue weighted by atomic mass is 10.1. The number of esters is 1. The Bertz CT molecular complexity index is 494. The van der Waals surface area contributed by atoms with Crippen LogP contribution in [-0.4, -0.2) is 65.7 Å². The monoisotopic (exact) mass is 304 g/mol. The van der Waals surface area contributed by atoms with Gasteiger partial charge in [0.15, 0.2) is 0 Å². The van der Waals surface area contributed by atoms with E-state index in [4.69, 9.17) is 9.84 Å². The van der Waals surface area contributed by atoms with Gasteiger partial charge in [-0.2, -0.15) is 0 Å². The molecule has 2 aliphatic rings. The molecule has 1 heterocycles. The molecule has 5 heteroatoms. The van der Waals surface area contributed by atoms with Crippen molar-refractivity contribution in [3.63, 3.8) is 0 Å². The van der Waals surface area contributed by atoms with Crippen molar-refractivity contribution in [2.45, 2.75) is 25.0 Å². The van der Waals surface area contributed by atoms with Gasteiger partial charge in [-0.1, -0.05) is 30.3 Å². The molecular formula is C17H24N2O3. The smallest absolute Gasteiger partial charge is 0.326 e. The van der Waals surface area contributed by atoms with E-state index in [0.717, 1.165) is 51.1 Å². The Kier molecular flexibility index (Phi) is 4.76. The highest BCUT2D eigenvalue weighted by Gasteiger charge is 2.56. The molecule has 1 aromatic carbocycles. The Balaban J connectivity index is 1.52. The van der Waals surface area contributed by atoms with E-state index in [9.17, 15) is 4.79 Å². The summed E-state index contributed by atoms with van der Waals surface area (Å²) in [4.78, 5) is 17.0. The number of aliphatic hydroxyl groups excluding tert-OH is 1. The zero-order valence-corrected chi connectivity index (χ0v) is 12.9. The quantitative estimate of drug-likeness (QED) is 0.791. The third kappa shape index (κ3) is 3.32. The van der Waals surface area contributed by atoms with Crippen molar-refractivity contribution in [3.8, 4) is 0 Å². The zero-order chi connectivity index (χ0) is 15.4. The van der Waals surface area contributed by atoms with Crippen LogP contribution in [0.25, 0.3) is 0 Å². The van der Waals surface area contributed by atoms with Gasteiger partial charge >= 0.3 is 5.97 Å². The molecule has 1 N–H and O–H groups in total. The Morgan fingerprint density at radius 2 is 1.82 bits per heavy atom. The zero-order valence-electron chi connectivity index (χ0n) is 12.9. The fourth-order valence-corrected chi connectivity index (χ4v) is 3.17. The van der Waals surface area contributed by atoms with Crippen LogP contribution < -0.4 is 0 Å². The van der Waals surface area contributed by atoms with Crippen LogP contribution in [0.3, 0.4) is 0 Å². The number of aliphatic hydroxyl groups is 1. The molecule has 120 valence electrons. The van der Waals surface area contributed by atoms with Gasteiger partial charge in [0.05, 0.1) is 6.61 Å². The summed E-state index contributed by atoms with van der Waals surface area (Å²) in [5.74, 6) is -0.0769. The van der Waals surface area contributed by atoms with Gasteiger partial charge in [0.2, 0.25) is 0 Å². The molecular weight excluding hydrogens is 280 g/mol. The maximum Gasteiger partial charge on any atom is 0.326 e. The third-order valence-electron chi connectivity index (χ3n) is 4.71. The number of hydrogen-bond donors (Lipinski definition) is 1. The molecule has 1 saturated heterocycles. The highest BCUT2D eigenvalue weighted by molar-refractivity contribution is 5.84. The fourth-order valence-electron chi connectivity index (χ4n) is 3.17. The molecule has 0 atom stereocenters. The van der Waals surface area contributed by atoms with E-state index in [2.05, 4.69) is 9.80 Å². The molecule has 22 heavy (non-hydrogen) atoms. The normalized spacial score (nSPS) is 21.5. The summed E-state index contributed by atoms with van der Waals surface area (Å²) in [7, 11) is 0. The van der Waals surface area contributed by atoms with Gasteiger partial charge in [0.25, 0.3) is 0 Å². The number of carbonyl (C=O) groups excluding carboxylic acids is 1. The lowest BCUT2D eigenvalue weighted by molar-refractivity contribution is -0.154. The van der Waals surface area contributed by atoms with E-state index in [1.807, 2.05) is 30.3 Å². The van der Waals surface area contributed by atoms with Crippen molar-refractivity contribution in [1.29, 1.82) is 0 Å². The van der Waals surface area contributed by atoms with Gasteiger partial charge < -0.3 is 9.84 Å². The van der Waals surface area contributed by atoms with Gasteiger partial charge in [-0.05, 0) is 18.4 Å². The molecule has 0 spiro atoms. The first-order chi connectivity index (χ1) is 10.7. The SMILES string of the molecule is O=C(OCc1ccccc1)C1(N2CCN(CCO)CC2)CC1. The molecule has 1 aliphatic carbocycles. The second kappa shape index (κ2) is 6.77. The number of β-amino-alcohol motifs (C(OH)–C–C–N with tert-alkyl or cyclic N) is 1. The van der Waals surface area contributed by atoms with E-state index >= 15 is 0 Å². The van der Waals surface area contributed by atoms with E-state index < -0.39 is 0 Å². The van der Waals surface area contributed by atoms with Gasteiger partial charge in [0.1, 0.15) is 12.1 Å². The third-order valence-corrected chi connectivity index (χ3v) is 4.71. The average Bonchev–Trinajstić information content (AvgIpc) is 3.36. The highest BCUT2D eigenvalue weighted by atomic mass is 16.5. The molecule has 0 amide bonds. The summed E-state index contributed by atoms with van der Waals surface area (Å²) < 4.78 is 5.55. The van der Waals surface area contributed by atoms with Gasteiger partial charge in [-0.15, -0.1) is 0 Å². The van der Waals surface area contributed by atoms with Crippen LogP contribution >= 0.6 is 0 Å². The summed E-state index contributed by atoms with van der Waals surface area (Å²) in [6, 6.07) is 9.81. The Morgan fingerprint density at radius 1 is 1.14 bits per heavy atom. The maximum atomic E-state index is 12.5. The van der Waals surface area contributed by atoms with E-state index in [1.54, 1.807) is 0 Å². The van der Waals surface area contributed by atoms with Crippen LogP contribution in [0.1, 0.15) is 18.4 Å². The Labute approximate surface area is 131 Å². The number of ether oxygens (including phenoxy) is 1. The number of rotatable bonds is 6. The molecule has 1 saturated carbocycles. The molecule has 0 bridgehead atoms. The first kappa shape index (κ1) is 15.5. The Morgan fingerprint density at radius 3 is 2.41 bits per heavy atom. The van der Waals surface area contributed by atoms with Crippen molar-refractivity contribution in [2.24, 2.45) is 0 Å². The average molecular weight is 304 g/mol. The summed E-state index contributed by atoms with van der Waals surface area (Å²) in [6.45, 7) is 4.85. The van der Waals surface area contributed by atoms with Gasteiger partial charge in [-0.25, -0.2) is 0 Å². The lowest BCUT2D eigenvalue weighted by Gasteiger charge is -2.38. The number of nitrogens with zero attached hydrogens (tertiary/aromatic N) is 2. The van der Waals surface area contributed by atoms with Crippen molar-refractivity contribution < 1.29 is 14.6 Å². The highest BCUT2D eigenvalue weighted by Crippen LogP contribution is 2.43. The van der Waals surface area contributed by atoms with Crippen LogP contribution in [-0.2, 0) is 16.1 Å². The topological polar surface area (TPSA) is 53.0 Å². The predicted molar refractivity (Wildman–Crippen MR) is 83.3 cm³/mol. The van der Waals surface area contributed by atoms with Crippen molar-refractivity contribution in [2.75, 3.05) is 39.3 Å². The number of carbonyl (C=O) groups is 1. The molecule has 1 aromatic rings. The lowest BCUT2D eigenvalue weighted by Crippen LogP contribution is -2.54. The molecule has 0 radical (unpaired) electrons. The van der Waals surface area contributed by atoms with Crippen LogP contribution in [0.4, 0.5) is 0 Å². The molecule has 0 unspecified atom stereocenters. The first-order valence-electron chi connectivity index (χ1n) is 8.04. The van der Waals surface area contributed by atoms with Crippen LogP contribution in [0, 0.1) is 0 Å². The van der Waals surface area contributed by atoms with Crippen molar-refractivity contribution >= 4 is 5.97 Å². The predicted octanol–water partition coefficient (Wildman–Crippen LogP) is 0.872. The number of piperazine rings is 1. The second-order valence-electron chi connectivity index (χ2n) is 6.15. The molecule has 3 rings (SSSR count). The minimum Gasteiger partial charge on any atom is -0.459 e. The largest absolute Gasteiger partial charge is 0.459 e. The van der Waals surface area contributed by atoms with Crippen molar-refractivity contribution in [3.05, 3.63) is 35.9 Å². The molecule has 2 fully saturated rings. The second-order valence-corrected chi connectivity index (χ2v) is 6.15. The van der Waals surface area contributed by atoms with Gasteiger partial charge in [-0.3, -0.25) is 14.6 Å². The van der Waals surface area contributed by atoms with E-state index in [0.29, 0.717) is 6.61 Å². The van der Waals surface area contributed by atoms with Crippen LogP contribution in [0.2, 0.25) is 0 Å². The molecule has 5 nitrogen and oxygen atoms in total. The minimum atomic E-state index is -0.375. The summed E-state index contributed by atoms with van der Waals surface area (Å²) in [6.07, 6.45) is 1.81. The standard InChI is InChI=1S/C17H24N2O3/c20-13-12-18-8-10-19(11-9-18)17(6-7-17)16(21)22-14-15-4-2-1-3-5-15/h1-5,20H,6-14H2. The summed E-state index contributed by atoms with van der Waals surface area (Å²) in [5.41, 5.74) is 0.652. The van der Waals surface area contributed by atoms with Crippen LogP contribution in [0.5, 0.6) is 0 Å². The van der Waals surface area contributed by atoms with Crippen molar-refractivity contribution in [1.82, 2.24) is 9.80 Å². The summed E-state index contributed by atoms with van der Waals surface area (Å²) in [5, 5.41) is 8.99. The van der Waals surface area contributed by atoms with Crippen LogP contribution in [0.15, 0.2) is 30.3 Å². The van der Waals surface area contributed by atoms with Gasteiger partial charge in [0, 0.05) is 32.7 Å². The first-order valence-corrected chi connectivity index (χ1v) is 8.04. The molecule has 0 aromatic heterocycles. The number of benzene rings is 1.